The van der Waals surface area contributed by atoms with Crippen LogP contribution in [0.1, 0.15) is 145 Å². The van der Waals surface area contributed by atoms with Crippen LogP contribution in [0.2, 0.25) is 0 Å². The first-order valence-corrected chi connectivity index (χ1v) is 17.1. The quantitative estimate of drug-likeness (QED) is 0.146. The third kappa shape index (κ3) is 18.7. The predicted molar refractivity (Wildman–Crippen MR) is 201 cm³/mol. The van der Waals surface area contributed by atoms with Crippen LogP contribution in [0, 0.1) is 29.1 Å². The highest BCUT2D eigenvalue weighted by Gasteiger charge is 2.22. The number of nitrogens with zero attached hydrogens (tertiary/aromatic N) is 2. The average molecular weight is 641 g/mol. The molecule has 0 bridgehead atoms. The molecule has 0 fully saturated rings. The lowest BCUT2D eigenvalue weighted by Gasteiger charge is -2.26. The van der Waals surface area contributed by atoms with Crippen molar-refractivity contribution in [2.45, 2.75) is 130 Å². The van der Waals surface area contributed by atoms with E-state index >= 15 is 0 Å². The molecule has 0 saturated carbocycles. The molecule has 1 amide bonds. The Labute approximate surface area is 282 Å². The van der Waals surface area contributed by atoms with Crippen LogP contribution in [-0.2, 0) is 4.79 Å². The third-order valence-electron chi connectivity index (χ3n) is 7.34. The highest BCUT2D eigenvalue weighted by molar-refractivity contribution is 6.06. The van der Waals surface area contributed by atoms with E-state index in [0.29, 0.717) is 52.6 Å². The minimum Gasteiger partial charge on any atom is -0.493 e. The molecule has 7 heteroatoms. The molecule has 0 aromatic heterocycles. The van der Waals surface area contributed by atoms with Crippen molar-refractivity contribution in [2.75, 3.05) is 6.61 Å². The largest absolute Gasteiger partial charge is 0.493 e. The van der Waals surface area contributed by atoms with Crippen molar-refractivity contribution in [3.63, 3.8) is 0 Å². The summed E-state index contributed by atoms with van der Waals surface area (Å²) >= 11 is 0. The number of rotatable bonds is 15. The average Bonchev–Trinajstić information content (AvgIpc) is 2.96. The predicted octanol–water partition coefficient (Wildman–Crippen LogP) is 10.0. The van der Waals surface area contributed by atoms with Crippen LogP contribution in [0.3, 0.4) is 0 Å². The maximum absolute atomic E-state index is 11.9. The van der Waals surface area contributed by atoms with Gasteiger partial charge in [-0.2, -0.15) is 0 Å². The highest BCUT2D eigenvalue weighted by Crippen LogP contribution is 2.34. The number of amidine groups is 1. The van der Waals surface area contributed by atoms with Crippen LogP contribution in [0.5, 0.6) is 5.75 Å². The van der Waals surface area contributed by atoms with Gasteiger partial charge in [0.15, 0.2) is 0 Å². The van der Waals surface area contributed by atoms with Gasteiger partial charge in [0.1, 0.15) is 17.4 Å². The molecule has 1 aromatic rings. The number of nitrogens with two attached hydrogens (primary N) is 2. The highest BCUT2D eigenvalue weighted by atomic mass is 16.5. The topological polar surface area (TPSA) is 120 Å². The Morgan fingerprint density at radius 3 is 1.98 bits per heavy atom. The maximum atomic E-state index is 11.9. The summed E-state index contributed by atoms with van der Waals surface area (Å²) in [6.07, 6.45) is 8.00. The summed E-state index contributed by atoms with van der Waals surface area (Å²) in [7, 11) is 0. The second-order valence-corrected chi connectivity index (χ2v) is 13.8. The number of hydrogen-bond acceptors (Lipinski definition) is 5. The van der Waals surface area contributed by atoms with Gasteiger partial charge in [-0.25, -0.2) is 4.99 Å². The number of ketones is 1. The van der Waals surface area contributed by atoms with Gasteiger partial charge >= 0.3 is 0 Å². The fourth-order valence-electron chi connectivity index (χ4n) is 4.83. The number of allylic oxidation sites excluding steroid dienone is 1. The van der Waals surface area contributed by atoms with Crippen LogP contribution in [-0.4, -0.2) is 29.8 Å². The molecule has 0 aliphatic heterocycles. The molecular weight excluding hydrogens is 572 g/mol. The van der Waals surface area contributed by atoms with Crippen LogP contribution < -0.4 is 16.2 Å². The number of Topliss-reactive ketones (excluding diaryl/α,β-unsaturated/α-hetero) is 1. The van der Waals surface area contributed by atoms with Crippen molar-refractivity contribution in [2.24, 2.45) is 50.5 Å². The Morgan fingerprint density at radius 2 is 1.54 bits per heavy atom. The molecule has 0 radical (unpaired) electrons. The van der Waals surface area contributed by atoms with Gasteiger partial charge in [-0.15, -0.1) is 0 Å². The van der Waals surface area contributed by atoms with E-state index in [1.165, 1.54) is 6.42 Å². The zero-order chi connectivity index (χ0) is 36.2. The van der Waals surface area contributed by atoms with Crippen LogP contribution in [0.25, 0.3) is 5.70 Å². The maximum Gasteiger partial charge on any atom is 0.248 e. The van der Waals surface area contributed by atoms with Gasteiger partial charge in [0.05, 0.1) is 12.3 Å². The number of hydrogen-bond donors (Lipinski definition) is 2. The zero-order valence-corrected chi connectivity index (χ0v) is 32.0. The lowest BCUT2D eigenvalue weighted by molar-refractivity contribution is -0.119. The lowest BCUT2D eigenvalue weighted by atomic mass is 9.81. The molecule has 0 aliphatic rings. The number of benzene rings is 1. The molecule has 1 rings (SSSR count). The van der Waals surface area contributed by atoms with E-state index in [2.05, 4.69) is 53.5 Å². The summed E-state index contributed by atoms with van der Waals surface area (Å²) in [5.41, 5.74) is 15.9. The second-order valence-electron chi connectivity index (χ2n) is 13.8. The standard InChI is InChI=1S/C32H52N4O2.C5H10O.C2H6/c1-11-17-35-30(33)23(6)29(27-16-15-26(31(34)37)19-28(27)38-12-2)36-24(7)25(18-21(3)4)14-13-22(5)20-32(8,9)10;1-4(2)5(3)6;1-2/h11,15-17,19,21-22,25H,12-14,18,20H2,1-10H3,(H2,33,35)(H2,34,37);4H,1-3H3;1-2H3/b17-11-,29-23+,36-24?;;. The van der Waals surface area contributed by atoms with Crippen LogP contribution in [0.15, 0.2) is 46.0 Å². The number of primary amides is 1. The summed E-state index contributed by atoms with van der Waals surface area (Å²) in [4.78, 5) is 31.6. The fraction of sp³-hybridized carbons (Fsp3) is 0.641. The Morgan fingerprint density at radius 1 is 0.978 bits per heavy atom. The van der Waals surface area contributed by atoms with E-state index in [1.54, 1.807) is 25.3 Å². The van der Waals surface area contributed by atoms with E-state index < -0.39 is 5.91 Å². The number of carbonyl (C=O) groups excluding carboxylic acids is 2. The molecule has 0 aliphatic carbocycles. The molecule has 0 spiro atoms. The third-order valence-corrected chi connectivity index (χ3v) is 7.34. The van der Waals surface area contributed by atoms with Gasteiger partial charge in [-0.3, -0.25) is 14.6 Å². The van der Waals surface area contributed by atoms with Gasteiger partial charge in [-0.05, 0) is 95.2 Å². The molecule has 2 unspecified atom stereocenters. The molecule has 1 aromatic carbocycles. The monoisotopic (exact) mass is 641 g/mol. The molecule has 2 atom stereocenters. The van der Waals surface area contributed by atoms with Crippen molar-refractivity contribution in [3.05, 3.63) is 47.2 Å². The summed E-state index contributed by atoms with van der Waals surface area (Å²) in [6.45, 7) is 31.5. The molecule has 0 saturated heterocycles. The first kappa shape index (κ1) is 44.9. The van der Waals surface area contributed by atoms with E-state index in [4.69, 9.17) is 21.2 Å². The molecule has 262 valence electrons. The SMILES string of the molecule is CC.CC(=O)C(C)C.C\C=C/N=C(N)\C(C)=C(\N=C(C)C(CCC(C)CC(C)(C)C)CC(C)C)c1ccc(C(N)=O)cc1OCC. The fourth-order valence-corrected chi connectivity index (χ4v) is 4.83. The number of aliphatic imine (C=N–C) groups is 2. The van der Waals surface area contributed by atoms with Gasteiger partial charge in [0.25, 0.3) is 0 Å². The van der Waals surface area contributed by atoms with Gasteiger partial charge in [0, 0.05) is 34.5 Å². The van der Waals surface area contributed by atoms with Crippen LogP contribution in [0.4, 0.5) is 0 Å². The zero-order valence-electron chi connectivity index (χ0n) is 32.0. The van der Waals surface area contributed by atoms with Gasteiger partial charge in [-0.1, -0.05) is 81.7 Å². The smallest absolute Gasteiger partial charge is 0.248 e. The lowest BCUT2D eigenvalue weighted by Crippen LogP contribution is -2.19. The van der Waals surface area contributed by atoms with Crippen molar-refractivity contribution in [1.82, 2.24) is 0 Å². The van der Waals surface area contributed by atoms with Crippen molar-refractivity contribution < 1.29 is 14.3 Å². The molecule has 7 nitrogen and oxygen atoms in total. The molecule has 46 heavy (non-hydrogen) atoms. The molecular formula is C39H68N4O3. The van der Waals surface area contributed by atoms with Gasteiger partial charge < -0.3 is 16.2 Å². The summed E-state index contributed by atoms with van der Waals surface area (Å²) in [5.74, 6) is 2.43. The molecule has 4 N–H and O–H groups in total. The minimum atomic E-state index is -0.505. The van der Waals surface area contributed by atoms with E-state index in [1.807, 2.05) is 60.6 Å². The van der Waals surface area contributed by atoms with Gasteiger partial charge in [0.2, 0.25) is 5.91 Å². The van der Waals surface area contributed by atoms with Crippen LogP contribution >= 0.6 is 0 Å². The van der Waals surface area contributed by atoms with E-state index in [9.17, 15) is 9.59 Å². The first-order chi connectivity index (χ1) is 21.3. The molecule has 0 heterocycles. The second kappa shape index (κ2) is 23.2. The van der Waals surface area contributed by atoms with Crippen molar-refractivity contribution >= 4 is 28.9 Å². The number of ether oxygens (including phenoxy) is 1. The Kier molecular flexibility index (Phi) is 22.6. The first-order valence-electron chi connectivity index (χ1n) is 17.1. The Hall–Kier alpha value is -3.22. The summed E-state index contributed by atoms with van der Waals surface area (Å²) in [6, 6.07) is 5.22. The normalized spacial score (nSPS) is 14.2. The van der Waals surface area contributed by atoms with Crippen molar-refractivity contribution in [1.29, 1.82) is 0 Å². The Balaban J connectivity index is 0. The van der Waals surface area contributed by atoms with E-state index in [0.717, 1.165) is 36.1 Å². The van der Waals surface area contributed by atoms with E-state index in [-0.39, 0.29) is 11.7 Å². The number of carbonyl (C=O) groups is 2. The Bertz CT molecular complexity index is 1180. The summed E-state index contributed by atoms with van der Waals surface area (Å²) in [5, 5.41) is 0. The minimum absolute atomic E-state index is 0.213. The summed E-state index contributed by atoms with van der Waals surface area (Å²) < 4.78 is 5.95. The number of amides is 1. The van der Waals surface area contributed by atoms with Crippen molar-refractivity contribution in [3.8, 4) is 5.75 Å².